The van der Waals surface area contributed by atoms with E-state index in [1.54, 1.807) is 37.3 Å². The van der Waals surface area contributed by atoms with Crippen LogP contribution in [-0.4, -0.2) is 13.1 Å². The fourth-order valence-corrected chi connectivity index (χ4v) is 2.49. The molecule has 1 heterocycles. The van der Waals surface area contributed by atoms with Gasteiger partial charge in [-0.2, -0.15) is 0 Å². The normalized spacial score (nSPS) is 10.6. The van der Waals surface area contributed by atoms with Crippen LogP contribution in [0.5, 0.6) is 11.5 Å². The molecule has 0 amide bonds. The summed E-state index contributed by atoms with van der Waals surface area (Å²) < 4.78 is 15.5. The van der Waals surface area contributed by atoms with Crippen LogP contribution in [0.2, 0.25) is 5.02 Å². The Bertz CT molecular complexity index is 973. The zero-order valence-electron chi connectivity index (χ0n) is 13.0. The van der Waals surface area contributed by atoms with Gasteiger partial charge in [0.25, 0.3) is 0 Å². The van der Waals surface area contributed by atoms with Crippen LogP contribution in [-0.2, 0) is 0 Å². The highest BCUT2D eigenvalue weighted by atomic mass is 35.5. The molecule has 3 rings (SSSR count). The van der Waals surface area contributed by atoms with Gasteiger partial charge in [0, 0.05) is 17.5 Å². The molecular weight excluding hydrogens is 332 g/mol. The average Bonchev–Trinajstić information content (AvgIpc) is 2.56. The molecule has 122 valence electrons. The van der Waals surface area contributed by atoms with Crippen LogP contribution in [0.4, 0.5) is 0 Å². The lowest BCUT2D eigenvalue weighted by Crippen LogP contribution is -2.09. The molecule has 0 aliphatic heterocycles. The van der Waals surface area contributed by atoms with Crippen molar-refractivity contribution in [1.82, 2.24) is 0 Å². The molecule has 0 aliphatic carbocycles. The summed E-state index contributed by atoms with van der Waals surface area (Å²) in [4.78, 5) is 23.7. The lowest BCUT2D eigenvalue weighted by molar-refractivity contribution is 0.0735. The molecule has 0 N–H and O–H groups in total. The van der Waals surface area contributed by atoms with Crippen LogP contribution in [0.3, 0.4) is 0 Å². The van der Waals surface area contributed by atoms with Gasteiger partial charge < -0.3 is 13.9 Å². The zero-order valence-corrected chi connectivity index (χ0v) is 13.7. The molecule has 0 spiro atoms. The number of hydrogen-bond donors (Lipinski definition) is 0. The number of methoxy groups -OCH3 is 1. The zero-order chi connectivity index (χ0) is 17.3. The Balaban J connectivity index is 1.95. The number of fused-ring (bicyclic) bond motifs is 1. The Morgan fingerprint density at radius 3 is 2.50 bits per heavy atom. The van der Waals surface area contributed by atoms with E-state index in [0.29, 0.717) is 22.3 Å². The van der Waals surface area contributed by atoms with E-state index in [0.717, 1.165) is 5.56 Å². The summed E-state index contributed by atoms with van der Waals surface area (Å²) in [5.74, 6) is 0.181. The van der Waals surface area contributed by atoms with Crippen molar-refractivity contribution in [3.63, 3.8) is 0 Å². The largest absolute Gasteiger partial charge is 0.497 e. The van der Waals surface area contributed by atoms with Crippen LogP contribution < -0.4 is 15.1 Å². The van der Waals surface area contributed by atoms with Gasteiger partial charge in [0.1, 0.15) is 11.3 Å². The highest BCUT2D eigenvalue weighted by Gasteiger charge is 2.14. The predicted octanol–water partition coefficient (Wildman–Crippen LogP) is 3.98. The smallest absolute Gasteiger partial charge is 0.343 e. The Morgan fingerprint density at radius 2 is 1.83 bits per heavy atom. The third kappa shape index (κ3) is 3.12. The molecule has 2 aromatic carbocycles. The molecule has 0 aliphatic rings. The van der Waals surface area contributed by atoms with Gasteiger partial charge in [0.2, 0.25) is 0 Å². The second-order valence-corrected chi connectivity index (χ2v) is 5.55. The van der Waals surface area contributed by atoms with Crippen molar-refractivity contribution >= 4 is 28.5 Å². The van der Waals surface area contributed by atoms with Gasteiger partial charge in [-0.3, -0.25) is 0 Å². The second-order valence-electron chi connectivity index (χ2n) is 5.15. The third-order valence-corrected chi connectivity index (χ3v) is 3.83. The van der Waals surface area contributed by atoms with Gasteiger partial charge in [0.15, 0.2) is 5.75 Å². The Morgan fingerprint density at radius 1 is 1.12 bits per heavy atom. The van der Waals surface area contributed by atoms with Gasteiger partial charge >= 0.3 is 11.6 Å². The van der Waals surface area contributed by atoms with Gasteiger partial charge in [-0.05, 0) is 42.8 Å². The molecule has 3 aromatic rings. The number of hydrogen-bond acceptors (Lipinski definition) is 5. The first-order valence-electron chi connectivity index (χ1n) is 7.08. The summed E-state index contributed by atoms with van der Waals surface area (Å²) in [6.07, 6.45) is 0. The number of benzene rings is 2. The molecule has 5 nitrogen and oxygen atoms in total. The van der Waals surface area contributed by atoms with E-state index in [9.17, 15) is 9.59 Å². The highest BCUT2D eigenvalue weighted by Crippen LogP contribution is 2.31. The minimum absolute atomic E-state index is 0.124. The summed E-state index contributed by atoms with van der Waals surface area (Å²) in [6.45, 7) is 1.78. The van der Waals surface area contributed by atoms with E-state index < -0.39 is 11.6 Å². The number of rotatable bonds is 3. The minimum Gasteiger partial charge on any atom is -0.497 e. The Hall–Kier alpha value is -2.79. The monoisotopic (exact) mass is 344 g/mol. The van der Waals surface area contributed by atoms with Crippen LogP contribution in [0.1, 0.15) is 15.9 Å². The summed E-state index contributed by atoms with van der Waals surface area (Å²) in [7, 11) is 1.54. The quantitative estimate of drug-likeness (QED) is 0.408. The van der Waals surface area contributed by atoms with E-state index in [-0.39, 0.29) is 10.8 Å². The fraction of sp³-hybridized carbons (Fsp3) is 0.111. The van der Waals surface area contributed by atoms with Gasteiger partial charge in [0.05, 0.1) is 17.7 Å². The summed E-state index contributed by atoms with van der Waals surface area (Å²) in [5.41, 5.74) is 0.908. The summed E-state index contributed by atoms with van der Waals surface area (Å²) in [6, 6.07) is 10.9. The van der Waals surface area contributed by atoms with Crippen molar-refractivity contribution in [2.24, 2.45) is 0 Å². The van der Waals surface area contributed by atoms with Crippen molar-refractivity contribution in [2.75, 3.05) is 7.11 Å². The third-order valence-electron chi connectivity index (χ3n) is 3.53. The average molecular weight is 345 g/mol. The maximum absolute atomic E-state index is 12.2. The first-order valence-corrected chi connectivity index (χ1v) is 7.46. The number of carbonyl (C=O) groups is 1. The SMILES string of the molecule is COc1ccc(C(=O)Oc2cc3oc(=O)cc(C)c3cc2Cl)cc1. The van der Waals surface area contributed by atoms with Gasteiger partial charge in [-0.1, -0.05) is 11.6 Å². The number of esters is 1. The molecular formula is C18H13ClO5. The fourth-order valence-electron chi connectivity index (χ4n) is 2.28. The molecule has 0 saturated carbocycles. The molecule has 24 heavy (non-hydrogen) atoms. The molecule has 1 aromatic heterocycles. The van der Waals surface area contributed by atoms with Crippen molar-refractivity contribution < 1.29 is 18.7 Å². The first kappa shape index (κ1) is 16.1. The van der Waals surface area contributed by atoms with E-state index in [2.05, 4.69) is 0 Å². The van der Waals surface area contributed by atoms with Crippen LogP contribution in [0, 0.1) is 6.92 Å². The second kappa shape index (κ2) is 6.37. The van der Waals surface area contributed by atoms with Crippen LogP contribution in [0.15, 0.2) is 51.7 Å². The Labute approximate surface area is 142 Å². The number of ether oxygens (including phenoxy) is 2. The lowest BCUT2D eigenvalue weighted by Gasteiger charge is -2.09. The van der Waals surface area contributed by atoms with Crippen LogP contribution >= 0.6 is 11.6 Å². The van der Waals surface area contributed by atoms with Crippen molar-refractivity contribution in [1.29, 1.82) is 0 Å². The number of halogens is 1. The number of aryl methyl sites for hydroxylation is 1. The van der Waals surface area contributed by atoms with E-state index >= 15 is 0 Å². The van der Waals surface area contributed by atoms with Crippen molar-refractivity contribution in [2.45, 2.75) is 6.92 Å². The predicted molar refractivity (Wildman–Crippen MR) is 90.2 cm³/mol. The number of carbonyl (C=O) groups excluding carboxylic acids is 1. The Kier molecular flexibility index (Phi) is 4.27. The highest BCUT2D eigenvalue weighted by molar-refractivity contribution is 6.33. The van der Waals surface area contributed by atoms with E-state index in [4.69, 9.17) is 25.5 Å². The topological polar surface area (TPSA) is 65.7 Å². The van der Waals surface area contributed by atoms with E-state index in [1.165, 1.54) is 19.2 Å². The van der Waals surface area contributed by atoms with Crippen molar-refractivity contribution in [3.05, 3.63) is 69.0 Å². The first-order chi connectivity index (χ1) is 11.5. The molecule has 0 radical (unpaired) electrons. The summed E-state index contributed by atoms with van der Waals surface area (Å²) >= 11 is 6.18. The van der Waals surface area contributed by atoms with Gasteiger partial charge in [-0.15, -0.1) is 0 Å². The van der Waals surface area contributed by atoms with Crippen LogP contribution in [0.25, 0.3) is 11.0 Å². The standard InChI is InChI=1S/C18H13ClO5/c1-10-7-17(20)23-15-9-16(14(19)8-13(10)15)24-18(21)11-3-5-12(22-2)6-4-11/h3-9H,1-2H3. The molecule has 0 bridgehead atoms. The summed E-state index contributed by atoms with van der Waals surface area (Å²) in [5, 5.41) is 0.935. The molecule has 0 saturated heterocycles. The molecule has 0 fully saturated rings. The molecule has 0 atom stereocenters. The maximum atomic E-state index is 12.2. The molecule has 0 unspecified atom stereocenters. The lowest BCUT2D eigenvalue weighted by atomic mass is 10.1. The van der Waals surface area contributed by atoms with Crippen molar-refractivity contribution in [3.8, 4) is 11.5 Å². The minimum atomic E-state index is -0.575. The molecule has 6 heteroatoms. The van der Waals surface area contributed by atoms with E-state index in [1.807, 2.05) is 0 Å². The van der Waals surface area contributed by atoms with Gasteiger partial charge in [-0.25, -0.2) is 9.59 Å². The maximum Gasteiger partial charge on any atom is 0.343 e.